The van der Waals surface area contributed by atoms with Gasteiger partial charge in [-0.2, -0.15) is 8.78 Å². The molecule has 5 heteroatoms. The average molecular weight is 503 g/mol. The Bertz CT molecular complexity index is 979. The fourth-order valence-corrected chi connectivity index (χ4v) is 5.05. The predicted octanol–water partition coefficient (Wildman–Crippen LogP) is 9.41. The van der Waals surface area contributed by atoms with Crippen LogP contribution < -0.4 is 0 Å². The first-order valence-electron chi connectivity index (χ1n) is 13.1. The van der Waals surface area contributed by atoms with E-state index in [4.69, 9.17) is 4.74 Å². The molecule has 0 heterocycles. The zero-order valence-corrected chi connectivity index (χ0v) is 21.4. The smallest absolute Gasteiger partial charge is 0.316 e. The zero-order chi connectivity index (χ0) is 26.0. The number of hydrogen-bond donors (Lipinski definition) is 0. The first kappa shape index (κ1) is 28.2. The highest BCUT2D eigenvalue weighted by Gasteiger charge is 2.40. The number of ether oxygens (including phenoxy) is 1. The summed E-state index contributed by atoms with van der Waals surface area (Å²) >= 11 is 0. The van der Waals surface area contributed by atoms with Crippen LogP contribution in [0.1, 0.15) is 87.0 Å². The fraction of sp³-hybridized carbons (Fsp3) is 0.484. The molecule has 0 atom stereocenters. The second-order valence-electron chi connectivity index (χ2n) is 9.76. The van der Waals surface area contributed by atoms with Crippen LogP contribution in [0.4, 0.5) is 17.6 Å². The molecule has 0 radical (unpaired) electrons. The van der Waals surface area contributed by atoms with E-state index in [2.05, 4.69) is 12.2 Å². The van der Waals surface area contributed by atoms with Gasteiger partial charge in [0.2, 0.25) is 0 Å². The molecule has 1 fully saturated rings. The van der Waals surface area contributed by atoms with Crippen LogP contribution in [-0.4, -0.2) is 6.61 Å². The van der Waals surface area contributed by atoms with Crippen molar-refractivity contribution in [3.05, 3.63) is 94.6 Å². The van der Waals surface area contributed by atoms with E-state index in [0.29, 0.717) is 11.5 Å². The summed E-state index contributed by atoms with van der Waals surface area (Å²) in [5, 5.41) is 0. The van der Waals surface area contributed by atoms with Gasteiger partial charge in [0.25, 0.3) is 0 Å². The topological polar surface area (TPSA) is 9.23 Å². The van der Waals surface area contributed by atoms with E-state index in [1.807, 2.05) is 50.3 Å². The van der Waals surface area contributed by atoms with Crippen molar-refractivity contribution < 1.29 is 22.3 Å². The van der Waals surface area contributed by atoms with Crippen LogP contribution in [0.2, 0.25) is 0 Å². The summed E-state index contributed by atoms with van der Waals surface area (Å²) < 4.78 is 63.6. The normalized spacial score (nSPS) is 18.9. The van der Waals surface area contributed by atoms with E-state index < -0.39 is 23.3 Å². The van der Waals surface area contributed by atoms with Gasteiger partial charge < -0.3 is 4.74 Å². The van der Waals surface area contributed by atoms with Crippen LogP contribution >= 0.6 is 0 Å². The lowest BCUT2D eigenvalue weighted by molar-refractivity contribution is -0.251. The third kappa shape index (κ3) is 8.06. The molecular formula is C31H38F4O. The van der Waals surface area contributed by atoms with Gasteiger partial charge in [0.15, 0.2) is 0 Å². The highest BCUT2D eigenvalue weighted by atomic mass is 19.3. The second-order valence-corrected chi connectivity index (χ2v) is 9.76. The van der Waals surface area contributed by atoms with Crippen LogP contribution in [0.15, 0.2) is 60.7 Å². The monoisotopic (exact) mass is 502 g/mol. The van der Waals surface area contributed by atoms with Crippen molar-refractivity contribution in [3.8, 4) is 0 Å². The molecule has 0 amide bonds. The quantitative estimate of drug-likeness (QED) is 0.207. The molecule has 0 saturated heterocycles. The van der Waals surface area contributed by atoms with Crippen LogP contribution in [0.5, 0.6) is 0 Å². The minimum atomic E-state index is -4.04. The van der Waals surface area contributed by atoms with Crippen molar-refractivity contribution >= 4 is 0 Å². The second kappa shape index (κ2) is 13.8. The van der Waals surface area contributed by atoms with E-state index in [0.717, 1.165) is 74.6 Å². The van der Waals surface area contributed by atoms with Crippen molar-refractivity contribution in [1.82, 2.24) is 0 Å². The number of benzene rings is 2. The van der Waals surface area contributed by atoms with E-state index in [-0.39, 0.29) is 18.9 Å². The maximum atomic E-state index is 14.8. The molecule has 2 aromatic rings. The standard InChI is InChI=1S/C31H38F4O/c1-3-5-7-9-23-11-13-25(14-12-23)19-20-36-31(34,35)30-28(32)21-27(22-29(30)33)26-17-15-24(16-18-26)10-8-6-4-2/h3-6,11-14,21-22,24,26H,7-10,15-20H2,1-2H3. The molecule has 0 aromatic heterocycles. The van der Waals surface area contributed by atoms with E-state index in [1.165, 1.54) is 0 Å². The summed E-state index contributed by atoms with van der Waals surface area (Å²) in [5.74, 6) is -1.87. The third-order valence-corrected chi connectivity index (χ3v) is 7.18. The molecule has 2 aromatic carbocycles. The molecule has 1 nitrogen and oxygen atoms in total. The molecule has 196 valence electrons. The maximum Gasteiger partial charge on any atom is 0.389 e. The Morgan fingerprint density at radius 3 is 1.97 bits per heavy atom. The van der Waals surface area contributed by atoms with Crippen molar-refractivity contribution in [1.29, 1.82) is 0 Å². The average Bonchev–Trinajstić information content (AvgIpc) is 2.85. The SMILES string of the molecule is CC=CCCc1ccc(CCOC(F)(F)c2c(F)cc(C3CCC(CCC=CC)CC3)cc2F)cc1. The van der Waals surface area contributed by atoms with Gasteiger partial charge in [-0.3, -0.25) is 0 Å². The fourth-order valence-electron chi connectivity index (χ4n) is 5.05. The van der Waals surface area contributed by atoms with E-state index in [1.54, 1.807) is 0 Å². The van der Waals surface area contributed by atoms with Gasteiger partial charge in [0.1, 0.15) is 17.2 Å². The van der Waals surface area contributed by atoms with Crippen LogP contribution in [0, 0.1) is 17.6 Å². The number of rotatable bonds is 12. The summed E-state index contributed by atoms with van der Waals surface area (Å²) in [6.07, 6.45) is 12.1. The van der Waals surface area contributed by atoms with Gasteiger partial charge in [0.05, 0.1) is 6.61 Å². The van der Waals surface area contributed by atoms with Crippen LogP contribution in [-0.2, 0) is 23.7 Å². The van der Waals surface area contributed by atoms with Crippen molar-refractivity contribution in [2.75, 3.05) is 6.61 Å². The number of aryl methyl sites for hydroxylation is 1. The molecule has 0 bridgehead atoms. The summed E-state index contributed by atoms with van der Waals surface area (Å²) in [6, 6.07) is 9.82. The summed E-state index contributed by atoms with van der Waals surface area (Å²) in [7, 11) is 0. The minimum absolute atomic E-state index is 0.00322. The Labute approximate surface area is 213 Å². The number of allylic oxidation sites excluding steroid dienone is 4. The number of alkyl halides is 2. The van der Waals surface area contributed by atoms with Crippen molar-refractivity contribution in [2.45, 2.75) is 83.7 Å². The first-order valence-corrected chi connectivity index (χ1v) is 13.1. The van der Waals surface area contributed by atoms with Gasteiger partial charge in [-0.1, -0.05) is 48.6 Å². The minimum Gasteiger partial charge on any atom is -0.316 e. The first-order chi connectivity index (χ1) is 17.3. The summed E-state index contributed by atoms with van der Waals surface area (Å²) in [5.41, 5.74) is 1.16. The summed E-state index contributed by atoms with van der Waals surface area (Å²) in [4.78, 5) is 0. The van der Waals surface area contributed by atoms with Crippen molar-refractivity contribution in [2.24, 2.45) is 5.92 Å². The molecule has 1 saturated carbocycles. The lowest BCUT2D eigenvalue weighted by atomic mass is 9.77. The van der Waals surface area contributed by atoms with Gasteiger partial charge in [-0.15, -0.1) is 0 Å². The Kier molecular flexibility index (Phi) is 10.8. The highest BCUT2D eigenvalue weighted by molar-refractivity contribution is 5.31. The van der Waals surface area contributed by atoms with E-state index in [9.17, 15) is 17.6 Å². The molecule has 3 rings (SSSR count). The van der Waals surface area contributed by atoms with Gasteiger partial charge in [-0.05, 0) is 112 Å². The Balaban J connectivity index is 1.55. The predicted molar refractivity (Wildman–Crippen MR) is 138 cm³/mol. The van der Waals surface area contributed by atoms with Crippen LogP contribution in [0.25, 0.3) is 0 Å². The summed E-state index contributed by atoms with van der Waals surface area (Å²) in [6.45, 7) is 3.64. The molecule has 36 heavy (non-hydrogen) atoms. The van der Waals surface area contributed by atoms with Gasteiger partial charge >= 0.3 is 6.11 Å². The lowest BCUT2D eigenvalue weighted by Crippen LogP contribution is -2.24. The molecule has 0 aliphatic heterocycles. The molecule has 0 unspecified atom stereocenters. The lowest BCUT2D eigenvalue weighted by Gasteiger charge is -2.29. The van der Waals surface area contributed by atoms with Gasteiger partial charge in [0, 0.05) is 0 Å². The zero-order valence-electron chi connectivity index (χ0n) is 21.4. The molecule has 0 N–H and O–H groups in total. The Hall–Kier alpha value is -2.40. The Morgan fingerprint density at radius 1 is 0.833 bits per heavy atom. The van der Waals surface area contributed by atoms with Crippen molar-refractivity contribution in [3.63, 3.8) is 0 Å². The highest BCUT2D eigenvalue weighted by Crippen LogP contribution is 2.40. The largest absolute Gasteiger partial charge is 0.389 e. The Morgan fingerprint density at radius 2 is 1.39 bits per heavy atom. The molecule has 1 aliphatic rings. The third-order valence-electron chi connectivity index (χ3n) is 7.18. The van der Waals surface area contributed by atoms with Gasteiger partial charge in [-0.25, -0.2) is 8.78 Å². The number of hydrogen-bond acceptors (Lipinski definition) is 1. The maximum absolute atomic E-state index is 14.8. The molecular weight excluding hydrogens is 464 g/mol. The number of halogens is 4. The molecule has 1 aliphatic carbocycles. The van der Waals surface area contributed by atoms with Crippen LogP contribution in [0.3, 0.4) is 0 Å². The van der Waals surface area contributed by atoms with E-state index >= 15 is 0 Å². The molecule has 0 spiro atoms.